The summed E-state index contributed by atoms with van der Waals surface area (Å²) in [7, 11) is 0. The van der Waals surface area contributed by atoms with E-state index in [4.69, 9.17) is 0 Å². The van der Waals surface area contributed by atoms with E-state index in [0.29, 0.717) is 37.2 Å². The van der Waals surface area contributed by atoms with Gasteiger partial charge < -0.3 is 26.0 Å². The van der Waals surface area contributed by atoms with E-state index in [1.54, 1.807) is 12.1 Å². The molecular weight excluding hydrogens is 416 g/mol. The third-order valence-electron chi connectivity index (χ3n) is 5.52. The molecule has 0 aliphatic heterocycles. The molecule has 33 heavy (non-hydrogen) atoms. The summed E-state index contributed by atoms with van der Waals surface area (Å²) < 4.78 is 0. The highest BCUT2D eigenvalue weighted by Gasteiger charge is 2.10. The quantitative estimate of drug-likeness (QED) is 0.274. The van der Waals surface area contributed by atoms with Gasteiger partial charge in [0.25, 0.3) is 0 Å². The van der Waals surface area contributed by atoms with Crippen molar-refractivity contribution < 1.29 is 20.1 Å². The number of aliphatic hydroxyl groups excluding tert-OH is 2. The average Bonchev–Trinajstić information content (AvgIpc) is 2.83. The zero-order valence-corrected chi connectivity index (χ0v) is 18.7. The van der Waals surface area contributed by atoms with Crippen LogP contribution in [0, 0.1) is 0 Å². The predicted octanol–water partition coefficient (Wildman–Crippen LogP) is 2.65. The normalized spacial score (nSPS) is 11.8. The van der Waals surface area contributed by atoms with Crippen molar-refractivity contribution in [1.82, 2.24) is 10.6 Å². The lowest BCUT2D eigenvalue weighted by atomic mass is 10.0. The Labute approximate surface area is 194 Å². The molecule has 0 spiro atoms. The van der Waals surface area contributed by atoms with E-state index < -0.39 is 6.10 Å². The van der Waals surface area contributed by atoms with Crippen molar-refractivity contribution in [2.24, 2.45) is 0 Å². The number of carbonyl (C=O) groups excluding carboxylic acids is 1. The monoisotopic (exact) mass is 448 g/mol. The number of hydrogen-bond donors (Lipinski definition) is 5. The van der Waals surface area contributed by atoms with Gasteiger partial charge in [0, 0.05) is 18.7 Å². The van der Waals surface area contributed by atoms with Crippen molar-refractivity contribution in [1.29, 1.82) is 0 Å². The first-order valence-electron chi connectivity index (χ1n) is 11.2. The van der Waals surface area contributed by atoms with Crippen LogP contribution in [0.1, 0.15) is 33.9 Å². The maximum Gasteiger partial charge on any atom is 0.224 e. The van der Waals surface area contributed by atoms with Crippen molar-refractivity contribution in [3.8, 4) is 5.75 Å². The fourth-order valence-electron chi connectivity index (χ4n) is 3.66. The van der Waals surface area contributed by atoms with E-state index in [1.165, 1.54) is 11.6 Å². The molecule has 3 rings (SSSR count). The molecule has 3 aromatic rings. The number of benzene rings is 3. The minimum Gasteiger partial charge on any atom is -0.508 e. The Hall–Kier alpha value is -3.19. The molecule has 0 saturated heterocycles. The zero-order valence-electron chi connectivity index (χ0n) is 18.7. The summed E-state index contributed by atoms with van der Waals surface area (Å²) in [5.74, 6) is 0.0339. The van der Waals surface area contributed by atoms with Gasteiger partial charge in [0.2, 0.25) is 5.91 Å². The van der Waals surface area contributed by atoms with E-state index in [-0.39, 0.29) is 18.3 Å². The summed E-state index contributed by atoms with van der Waals surface area (Å²) in [6.45, 7) is 1.38. The highest BCUT2D eigenvalue weighted by molar-refractivity contribution is 5.78. The van der Waals surface area contributed by atoms with Gasteiger partial charge in [-0.2, -0.15) is 0 Å². The fraction of sp³-hybridized carbons (Fsp3) is 0.296. The first-order valence-corrected chi connectivity index (χ1v) is 11.2. The Morgan fingerprint density at radius 1 is 0.848 bits per heavy atom. The summed E-state index contributed by atoms with van der Waals surface area (Å²) >= 11 is 0. The molecule has 6 heteroatoms. The van der Waals surface area contributed by atoms with Crippen LogP contribution in [0.3, 0.4) is 0 Å². The molecule has 0 bridgehead atoms. The highest BCUT2D eigenvalue weighted by atomic mass is 16.3. The standard InChI is InChI=1S/C27H32N2O4/c30-19-24-17-23(9-10-25(24)31)26(32)18-28-13-11-21-7-4-8-22(15-21)16-27(33)29-14-12-20-5-2-1-3-6-20/h1-10,15,17,26,28,30-32H,11-14,16,18-19H2,(H,29,33)/t26-/m0/s1. The topological polar surface area (TPSA) is 102 Å². The molecule has 0 saturated carbocycles. The van der Waals surface area contributed by atoms with Gasteiger partial charge in [-0.05, 0) is 53.8 Å². The zero-order chi connectivity index (χ0) is 23.5. The van der Waals surface area contributed by atoms with Gasteiger partial charge in [-0.3, -0.25) is 4.79 Å². The third-order valence-corrected chi connectivity index (χ3v) is 5.52. The number of aromatic hydroxyl groups is 1. The number of carbonyl (C=O) groups is 1. The number of rotatable bonds is 12. The van der Waals surface area contributed by atoms with E-state index >= 15 is 0 Å². The minimum atomic E-state index is -0.734. The molecule has 0 heterocycles. The molecule has 6 nitrogen and oxygen atoms in total. The summed E-state index contributed by atoms with van der Waals surface area (Å²) in [6, 6.07) is 22.8. The van der Waals surface area contributed by atoms with Crippen molar-refractivity contribution >= 4 is 5.91 Å². The van der Waals surface area contributed by atoms with Crippen LogP contribution in [-0.2, 0) is 30.7 Å². The van der Waals surface area contributed by atoms with Crippen molar-refractivity contribution in [2.75, 3.05) is 19.6 Å². The second kappa shape index (κ2) is 12.7. The summed E-state index contributed by atoms with van der Waals surface area (Å²) in [6.07, 6.45) is 1.20. The molecule has 0 fully saturated rings. The molecule has 174 valence electrons. The molecular formula is C27H32N2O4. The Balaban J connectivity index is 1.39. The van der Waals surface area contributed by atoms with Crippen LogP contribution < -0.4 is 10.6 Å². The maximum absolute atomic E-state index is 12.3. The minimum absolute atomic E-state index is 0.0143. The van der Waals surface area contributed by atoms with Crippen LogP contribution >= 0.6 is 0 Å². The smallest absolute Gasteiger partial charge is 0.224 e. The van der Waals surface area contributed by atoms with Crippen molar-refractivity contribution in [3.63, 3.8) is 0 Å². The number of hydrogen-bond acceptors (Lipinski definition) is 5. The molecule has 5 N–H and O–H groups in total. The van der Waals surface area contributed by atoms with Gasteiger partial charge in [-0.25, -0.2) is 0 Å². The summed E-state index contributed by atoms with van der Waals surface area (Å²) in [5, 5.41) is 35.5. The molecule has 0 radical (unpaired) electrons. The van der Waals surface area contributed by atoms with Crippen LogP contribution in [0.5, 0.6) is 5.75 Å². The second-order valence-corrected chi connectivity index (χ2v) is 8.10. The van der Waals surface area contributed by atoms with Crippen molar-refractivity contribution in [2.45, 2.75) is 32.0 Å². The van der Waals surface area contributed by atoms with Crippen LogP contribution in [0.4, 0.5) is 0 Å². The lowest BCUT2D eigenvalue weighted by Gasteiger charge is -2.14. The van der Waals surface area contributed by atoms with Gasteiger partial charge in [-0.15, -0.1) is 0 Å². The van der Waals surface area contributed by atoms with E-state index in [1.807, 2.05) is 42.5 Å². The molecule has 0 aliphatic rings. The van der Waals surface area contributed by atoms with Gasteiger partial charge in [-0.1, -0.05) is 60.7 Å². The van der Waals surface area contributed by atoms with Crippen LogP contribution in [0.2, 0.25) is 0 Å². The molecule has 1 atom stereocenters. The van der Waals surface area contributed by atoms with Gasteiger partial charge in [0.1, 0.15) is 5.75 Å². The highest BCUT2D eigenvalue weighted by Crippen LogP contribution is 2.22. The van der Waals surface area contributed by atoms with Gasteiger partial charge >= 0.3 is 0 Å². The van der Waals surface area contributed by atoms with Crippen molar-refractivity contribution in [3.05, 3.63) is 101 Å². The third kappa shape index (κ3) is 8.02. The molecule has 3 aromatic carbocycles. The molecule has 1 amide bonds. The Kier molecular flexibility index (Phi) is 9.44. The van der Waals surface area contributed by atoms with Crippen LogP contribution in [0.25, 0.3) is 0 Å². The second-order valence-electron chi connectivity index (χ2n) is 8.10. The van der Waals surface area contributed by atoms with E-state index in [0.717, 1.165) is 24.0 Å². The summed E-state index contributed by atoms with van der Waals surface area (Å²) in [5.41, 5.74) is 4.35. The van der Waals surface area contributed by atoms with Crippen LogP contribution in [0.15, 0.2) is 72.8 Å². The predicted molar refractivity (Wildman–Crippen MR) is 129 cm³/mol. The number of amides is 1. The van der Waals surface area contributed by atoms with Crippen LogP contribution in [-0.4, -0.2) is 40.9 Å². The molecule has 0 aliphatic carbocycles. The summed E-state index contributed by atoms with van der Waals surface area (Å²) in [4.78, 5) is 12.3. The van der Waals surface area contributed by atoms with E-state index in [9.17, 15) is 20.1 Å². The molecule has 0 unspecified atom stereocenters. The maximum atomic E-state index is 12.3. The number of aliphatic hydroxyl groups is 2. The van der Waals surface area contributed by atoms with Gasteiger partial charge in [0.15, 0.2) is 0 Å². The first kappa shape index (κ1) is 24.5. The fourth-order valence-corrected chi connectivity index (χ4v) is 3.66. The van der Waals surface area contributed by atoms with E-state index in [2.05, 4.69) is 22.8 Å². The Bertz CT molecular complexity index is 1020. The average molecular weight is 449 g/mol. The Morgan fingerprint density at radius 2 is 1.58 bits per heavy atom. The lowest BCUT2D eigenvalue weighted by molar-refractivity contribution is -0.120. The lowest BCUT2D eigenvalue weighted by Crippen LogP contribution is -2.27. The number of nitrogens with one attached hydrogen (secondary N) is 2. The molecule has 0 aromatic heterocycles. The number of phenols is 1. The Morgan fingerprint density at radius 3 is 2.36 bits per heavy atom. The first-order chi connectivity index (χ1) is 16.0. The SMILES string of the molecule is O=C(Cc1cccc(CCNC[C@H](O)c2ccc(O)c(CO)c2)c1)NCCc1ccccc1. The largest absolute Gasteiger partial charge is 0.508 e. The van der Waals surface area contributed by atoms with Gasteiger partial charge in [0.05, 0.1) is 19.1 Å².